The Kier molecular flexibility index (Phi) is 3.66. The zero-order chi connectivity index (χ0) is 11.4. The molecule has 1 aromatic rings. The molecule has 1 aromatic heterocycles. The highest BCUT2D eigenvalue weighted by atomic mass is 16.5. The lowest BCUT2D eigenvalue weighted by Gasteiger charge is -2.22. The van der Waals surface area contributed by atoms with Gasteiger partial charge in [-0.05, 0) is 32.6 Å². The standard InChI is InChI=1S/C11H18N4O/c1-8-9(2)14-15-11(13-8)12-6-10-4-3-5-16-7-10/h10H,3-7H2,1-2H3,(H,12,13,15). The smallest absolute Gasteiger partial charge is 0.242 e. The van der Waals surface area contributed by atoms with Gasteiger partial charge in [0, 0.05) is 13.2 Å². The summed E-state index contributed by atoms with van der Waals surface area (Å²) in [5, 5.41) is 11.3. The van der Waals surface area contributed by atoms with Gasteiger partial charge in [-0.2, -0.15) is 5.10 Å². The van der Waals surface area contributed by atoms with E-state index in [1.807, 2.05) is 13.8 Å². The minimum Gasteiger partial charge on any atom is -0.381 e. The van der Waals surface area contributed by atoms with Crippen molar-refractivity contribution in [3.63, 3.8) is 0 Å². The lowest BCUT2D eigenvalue weighted by molar-refractivity contribution is 0.0594. The lowest BCUT2D eigenvalue weighted by atomic mass is 10.0. The van der Waals surface area contributed by atoms with Gasteiger partial charge < -0.3 is 10.1 Å². The van der Waals surface area contributed by atoms with Gasteiger partial charge in [-0.3, -0.25) is 0 Å². The van der Waals surface area contributed by atoms with E-state index in [1.165, 1.54) is 6.42 Å². The number of aromatic nitrogens is 3. The van der Waals surface area contributed by atoms with E-state index in [-0.39, 0.29) is 0 Å². The maximum absolute atomic E-state index is 5.42. The Hall–Kier alpha value is -1.23. The van der Waals surface area contributed by atoms with Crippen LogP contribution in [0.25, 0.3) is 0 Å². The number of hydrogen-bond donors (Lipinski definition) is 1. The summed E-state index contributed by atoms with van der Waals surface area (Å²) in [6, 6.07) is 0. The Balaban J connectivity index is 1.86. The van der Waals surface area contributed by atoms with E-state index in [2.05, 4.69) is 20.5 Å². The molecule has 2 heterocycles. The summed E-state index contributed by atoms with van der Waals surface area (Å²) < 4.78 is 5.42. The number of ether oxygens (including phenoxy) is 1. The lowest BCUT2D eigenvalue weighted by Crippen LogP contribution is -2.25. The van der Waals surface area contributed by atoms with Crippen LogP contribution in [-0.4, -0.2) is 34.9 Å². The summed E-state index contributed by atoms with van der Waals surface area (Å²) in [5.74, 6) is 1.19. The molecule has 1 N–H and O–H groups in total. The van der Waals surface area contributed by atoms with Crippen molar-refractivity contribution in [2.24, 2.45) is 5.92 Å². The SMILES string of the molecule is Cc1nnc(NCC2CCCOC2)nc1C. The molecule has 0 radical (unpaired) electrons. The predicted octanol–water partition coefficient (Wildman–Crippen LogP) is 1.33. The first-order valence-electron chi connectivity index (χ1n) is 5.75. The maximum Gasteiger partial charge on any atom is 0.242 e. The molecule has 0 amide bonds. The molecule has 16 heavy (non-hydrogen) atoms. The van der Waals surface area contributed by atoms with Crippen LogP contribution in [0.4, 0.5) is 5.95 Å². The predicted molar refractivity (Wildman–Crippen MR) is 61.3 cm³/mol. The fraction of sp³-hybridized carbons (Fsp3) is 0.727. The molecule has 0 aromatic carbocycles. The summed E-state index contributed by atoms with van der Waals surface area (Å²) in [6.07, 6.45) is 2.36. The summed E-state index contributed by atoms with van der Waals surface area (Å²) in [7, 11) is 0. The molecule has 1 aliphatic rings. The number of aryl methyl sites for hydroxylation is 2. The highest BCUT2D eigenvalue weighted by Gasteiger charge is 2.14. The maximum atomic E-state index is 5.42. The minimum absolute atomic E-state index is 0.568. The molecule has 1 saturated heterocycles. The Morgan fingerprint density at radius 3 is 2.88 bits per heavy atom. The Morgan fingerprint density at radius 2 is 2.19 bits per heavy atom. The van der Waals surface area contributed by atoms with Crippen LogP contribution in [0.3, 0.4) is 0 Å². The van der Waals surface area contributed by atoms with Gasteiger partial charge >= 0.3 is 0 Å². The molecule has 0 bridgehead atoms. The van der Waals surface area contributed by atoms with Crippen LogP contribution < -0.4 is 5.32 Å². The van der Waals surface area contributed by atoms with E-state index < -0.39 is 0 Å². The van der Waals surface area contributed by atoms with Crippen LogP contribution >= 0.6 is 0 Å². The summed E-state index contributed by atoms with van der Waals surface area (Å²) >= 11 is 0. The highest BCUT2D eigenvalue weighted by molar-refractivity contribution is 5.24. The summed E-state index contributed by atoms with van der Waals surface area (Å²) in [4.78, 5) is 4.33. The fourth-order valence-electron chi connectivity index (χ4n) is 1.74. The quantitative estimate of drug-likeness (QED) is 0.836. The van der Waals surface area contributed by atoms with Gasteiger partial charge in [0.15, 0.2) is 0 Å². The van der Waals surface area contributed by atoms with E-state index in [9.17, 15) is 0 Å². The first kappa shape index (κ1) is 11.3. The molecule has 2 rings (SSSR count). The molecule has 88 valence electrons. The number of nitrogens with zero attached hydrogens (tertiary/aromatic N) is 3. The molecule has 1 fully saturated rings. The zero-order valence-electron chi connectivity index (χ0n) is 9.86. The number of anilines is 1. The molecule has 0 spiro atoms. The van der Waals surface area contributed by atoms with Crippen LogP contribution in [0.1, 0.15) is 24.2 Å². The largest absolute Gasteiger partial charge is 0.381 e. The average Bonchev–Trinajstić information content (AvgIpc) is 2.32. The van der Waals surface area contributed by atoms with E-state index in [0.717, 1.165) is 37.6 Å². The first-order chi connectivity index (χ1) is 7.75. The third-order valence-electron chi connectivity index (χ3n) is 2.90. The fourth-order valence-corrected chi connectivity index (χ4v) is 1.74. The summed E-state index contributed by atoms with van der Waals surface area (Å²) in [5.41, 5.74) is 1.81. The molecule has 5 heteroatoms. The minimum atomic E-state index is 0.568. The second-order valence-corrected chi connectivity index (χ2v) is 4.27. The third-order valence-corrected chi connectivity index (χ3v) is 2.90. The van der Waals surface area contributed by atoms with Gasteiger partial charge in [-0.25, -0.2) is 4.98 Å². The van der Waals surface area contributed by atoms with E-state index in [0.29, 0.717) is 11.9 Å². The van der Waals surface area contributed by atoms with Crippen molar-refractivity contribution in [1.82, 2.24) is 15.2 Å². The molecular formula is C11H18N4O. The highest BCUT2D eigenvalue weighted by Crippen LogP contribution is 2.13. The number of hydrogen-bond acceptors (Lipinski definition) is 5. The van der Waals surface area contributed by atoms with Crippen molar-refractivity contribution < 1.29 is 4.74 Å². The van der Waals surface area contributed by atoms with Gasteiger partial charge in [-0.1, -0.05) is 0 Å². The molecular weight excluding hydrogens is 204 g/mol. The first-order valence-corrected chi connectivity index (χ1v) is 5.75. The van der Waals surface area contributed by atoms with Crippen LogP contribution in [0.2, 0.25) is 0 Å². The molecule has 1 aliphatic heterocycles. The van der Waals surface area contributed by atoms with Crippen molar-refractivity contribution >= 4 is 5.95 Å². The topological polar surface area (TPSA) is 59.9 Å². The Bertz CT molecular complexity index is 350. The van der Waals surface area contributed by atoms with Gasteiger partial charge in [0.2, 0.25) is 5.95 Å². The second kappa shape index (κ2) is 5.21. The molecule has 1 atom stereocenters. The molecule has 0 saturated carbocycles. The van der Waals surface area contributed by atoms with Gasteiger partial charge in [0.1, 0.15) is 0 Å². The van der Waals surface area contributed by atoms with Gasteiger partial charge in [-0.15, -0.1) is 5.10 Å². The van der Waals surface area contributed by atoms with Crippen molar-refractivity contribution in [2.75, 3.05) is 25.1 Å². The number of rotatable bonds is 3. The normalized spacial score (nSPS) is 20.8. The van der Waals surface area contributed by atoms with E-state index in [4.69, 9.17) is 4.74 Å². The van der Waals surface area contributed by atoms with E-state index in [1.54, 1.807) is 0 Å². The Morgan fingerprint density at radius 1 is 1.31 bits per heavy atom. The van der Waals surface area contributed by atoms with E-state index >= 15 is 0 Å². The van der Waals surface area contributed by atoms with Crippen molar-refractivity contribution in [3.05, 3.63) is 11.4 Å². The van der Waals surface area contributed by atoms with Crippen LogP contribution in [0.15, 0.2) is 0 Å². The monoisotopic (exact) mass is 222 g/mol. The second-order valence-electron chi connectivity index (χ2n) is 4.27. The number of nitrogens with one attached hydrogen (secondary N) is 1. The van der Waals surface area contributed by atoms with Crippen molar-refractivity contribution in [2.45, 2.75) is 26.7 Å². The molecule has 0 aliphatic carbocycles. The third kappa shape index (κ3) is 2.88. The van der Waals surface area contributed by atoms with Crippen molar-refractivity contribution in [3.8, 4) is 0 Å². The molecule has 5 nitrogen and oxygen atoms in total. The molecule has 1 unspecified atom stereocenters. The Labute approximate surface area is 95.6 Å². The summed E-state index contributed by atoms with van der Waals surface area (Å²) in [6.45, 7) is 6.46. The van der Waals surface area contributed by atoms with Crippen molar-refractivity contribution in [1.29, 1.82) is 0 Å². The van der Waals surface area contributed by atoms with Crippen LogP contribution in [0.5, 0.6) is 0 Å². The van der Waals surface area contributed by atoms with Gasteiger partial charge in [0.05, 0.1) is 18.0 Å². The average molecular weight is 222 g/mol. The van der Waals surface area contributed by atoms with Crippen LogP contribution in [-0.2, 0) is 4.74 Å². The van der Waals surface area contributed by atoms with Crippen LogP contribution in [0, 0.1) is 19.8 Å². The van der Waals surface area contributed by atoms with Gasteiger partial charge in [0.25, 0.3) is 0 Å². The zero-order valence-corrected chi connectivity index (χ0v) is 9.86.